The van der Waals surface area contributed by atoms with Crippen LogP contribution in [0.25, 0.3) is 0 Å². The maximum atomic E-state index is 11.1. The lowest BCUT2D eigenvalue weighted by Crippen LogP contribution is -1.99. The maximum Gasteiger partial charge on any atom is 0.179 e. The van der Waals surface area contributed by atoms with Crippen molar-refractivity contribution in [2.75, 3.05) is 12.5 Å². The van der Waals surface area contributed by atoms with E-state index in [-0.39, 0.29) is 80.9 Å². The van der Waals surface area contributed by atoms with Crippen LogP contribution in [0.15, 0.2) is 168 Å². The number of hydrogen-bond donors (Lipinski definition) is 14. The number of carbonyl (C=O) groups is 12. The van der Waals surface area contributed by atoms with Gasteiger partial charge in [0.25, 0.3) is 0 Å². The summed E-state index contributed by atoms with van der Waals surface area (Å²) >= 11 is 5.53. The van der Waals surface area contributed by atoms with Gasteiger partial charge in [-0.2, -0.15) is 0 Å². The predicted octanol–water partition coefficient (Wildman–Crippen LogP) is 12.1. The van der Waals surface area contributed by atoms with Crippen molar-refractivity contribution < 1.29 is 146 Å². The Kier molecular flexibility index (Phi) is 42.0. The maximum absolute atomic E-state index is 11.1. The first-order chi connectivity index (χ1) is 52.5. The summed E-state index contributed by atoms with van der Waals surface area (Å²) in [5, 5.41) is 127. The van der Waals surface area contributed by atoms with Gasteiger partial charge in [-0.1, -0.05) is 91.3 Å². The molecule has 596 valence electrons. The second-order valence-corrected chi connectivity index (χ2v) is 26.9. The number of aromatic hydroxyl groups is 14. The van der Waals surface area contributed by atoms with Crippen molar-refractivity contribution in [2.24, 2.45) is 0 Å². The highest BCUT2D eigenvalue weighted by Crippen LogP contribution is 2.39. The van der Waals surface area contributed by atoms with Gasteiger partial charge in [-0.05, 0) is 148 Å². The Bertz CT molecular complexity index is 4910. The lowest BCUT2D eigenvalue weighted by molar-refractivity contribution is 0.109. The molecule has 0 aromatic heterocycles. The van der Waals surface area contributed by atoms with Gasteiger partial charge in [0, 0.05) is 79.3 Å². The van der Waals surface area contributed by atoms with Gasteiger partial charge in [0.05, 0.1) is 5.02 Å². The minimum absolute atomic E-state index is 0. The molecule has 0 aliphatic heterocycles. The molecule has 0 fully saturated rings. The van der Waals surface area contributed by atoms with Gasteiger partial charge in [0.2, 0.25) is 0 Å². The van der Waals surface area contributed by atoms with Crippen LogP contribution in [-0.2, 0) is 19.7 Å². The molecule has 0 heterocycles. The summed E-state index contributed by atoms with van der Waals surface area (Å²) < 4.78 is 44.3. The van der Waals surface area contributed by atoms with Crippen molar-refractivity contribution in [2.45, 2.75) is 51.8 Å². The Morgan fingerprint density at radius 2 is 0.522 bits per heavy atom. The van der Waals surface area contributed by atoms with Crippen LogP contribution in [0.2, 0.25) is 5.02 Å². The van der Waals surface area contributed by atoms with E-state index in [9.17, 15) is 84.6 Å². The number of carbonyl (C=O) groups excluding carboxylic acids is 12. The zero-order chi connectivity index (χ0) is 85.5. The predicted molar refractivity (Wildman–Crippen MR) is 414 cm³/mol. The van der Waals surface area contributed by atoms with E-state index < -0.39 is 58.2 Å². The second kappa shape index (κ2) is 48.1. The number of phenols is 14. The summed E-state index contributed by atoms with van der Waals surface area (Å²) in [6, 6.07) is 38.0. The van der Waals surface area contributed by atoms with Crippen LogP contribution in [0.1, 0.15) is 160 Å². The molecule has 0 saturated carbocycles. The molecule has 0 saturated heterocycles. The van der Waals surface area contributed by atoms with Crippen LogP contribution in [-0.4, -0.2) is 176 Å². The Labute approximate surface area is 651 Å². The molecule has 30 nitrogen and oxygen atoms in total. The van der Waals surface area contributed by atoms with E-state index >= 15 is 0 Å². The summed E-state index contributed by atoms with van der Waals surface area (Å²) in [6.45, 7) is 8.37. The molecule has 0 aliphatic rings. The minimum Gasteiger partial charge on any atom is -0.504 e. The van der Waals surface area contributed by atoms with E-state index in [2.05, 4.69) is 0 Å². The Hall–Kier alpha value is -14.4. The van der Waals surface area contributed by atoms with Crippen molar-refractivity contribution in [3.8, 4) is 80.5 Å². The quantitative estimate of drug-likeness (QED) is 0.0355. The molecule has 0 unspecified atom stereocenters. The van der Waals surface area contributed by atoms with Gasteiger partial charge < -0.3 is 71.5 Å². The number of hydrogen-bond acceptors (Lipinski definition) is 30. The number of phenolic OH excluding ortho intramolecular Hbond substituents is 14. The van der Waals surface area contributed by atoms with Crippen molar-refractivity contribution in [3.05, 3.63) is 257 Å². The molecule has 0 bridgehead atoms. The first-order valence-electron chi connectivity index (χ1n) is 31.1. The average Bonchev–Trinajstić information content (AvgIpc) is 0.812. The van der Waals surface area contributed by atoms with E-state index in [0.717, 1.165) is 66.8 Å². The van der Waals surface area contributed by atoms with Crippen LogP contribution in [0.5, 0.6) is 80.5 Å². The lowest BCUT2D eigenvalue weighted by atomic mass is 10.1. The van der Waals surface area contributed by atoms with Gasteiger partial charge in [-0.15, -0.1) is 0 Å². The molecule has 0 aliphatic carbocycles. The summed E-state index contributed by atoms with van der Waals surface area (Å²) in [5.41, 5.74) is 7.39. The smallest absolute Gasteiger partial charge is 0.179 e. The molecule has 0 atom stereocenters. The Balaban J connectivity index is 0.00000124. The van der Waals surface area contributed by atoms with Crippen molar-refractivity contribution in [3.63, 3.8) is 0 Å². The molecular weight excluding hydrogens is 1540 g/mol. The SMILES string of the molecule is C.CS(=O)(=O)c1cc(C=O)cc(O)c1O.CS(=O)(=O)c1cc(C=O)cc(O)c1O.Cc1cc(C=O)c(Cl)c(O)c1O.Cc1cc(C=O)cc(O)c1O.Cc1cc(C=O)cc(O)c1O.Cc1cc(C=O)cc(O)c1O.Cc1cccc(C=O)c1.O=Cc1ccc(C=O)cc1.O=Cc1ccc(O)c(O)c1.O=Cc1ccccc1C=O. The van der Waals surface area contributed by atoms with E-state index in [1.807, 2.05) is 25.1 Å². The number of aryl methyl sites for hydroxylation is 5. The van der Waals surface area contributed by atoms with E-state index in [0.29, 0.717) is 123 Å². The number of aldehydes is 12. The number of halogens is 1. The van der Waals surface area contributed by atoms with Gasteiger partial charge in [0.15, 0.2) is 119 Å². The summed E-state index contributed by atoms with van der Waals surface area (Å²) in [4.78, 5) is 122. The molecule has 0 amide bonds. The molecule has 0 radical (unpaired) electrons. The third-order valence-electron chi connectivity index (χ3n) is 13.9. The third-order valence-corrected chi connectivity index (χ3v) is 16.5. The van der Waals surface area contributed by atoms with Crippen LogP contribution in [0, 0.1) is 34.6 Å². The standard InChI is InChI=1S/C8H7ClO3.2C8H8O5S.3C8H8O3.2C8H6O2.C8H8O.C7H6O3.CH4/c1-4-2-5(3-10)6(9)8(12)7(4)11;2*1-14(12,13)7-3-5(4-9)2-6(10)8(7)11;3*1-5-2-6(4-9)3-7(10)8(5)11;9-5-7-1-2-8(6-10)4-3-7;9-5-7-3-1-2-4-8(7)6-10;1-7-3-2-4-8(5-7)6-9;8-4-5-1-2-6(9)7(10)3-5;/h2-3,11-12H,1H3;2*2-4,10-11H,1H3;3*2-4,10-11H,1H3;2*1-6H;2-6H,1H3;1-4,9-10H;1H4. The summed E-state index contributed by atoms with van der Waals surface area (Å²) in [6.07, 6.45) is 9.16. The summed E-state index contributed by atoms with van der Waals surface area (Å²) in [5.74, 6) is -5.24. The average molecular weight is 1620 g/mol. The van der Waals surface area contributed by atoms with Crippen LogP contribution in [0.3, 0.4) is 0 Å². The largest absolute Gasteiger partial charge is 0.504 e. The molecule has 14 N–H and O–H groups in total. The van der Waals surface area contributed by atoms with Gasteiger partial charge in [-0.3, -0.25) is 57.5 Å². The van der Waals surface area contributed by atoms with Crippen molar-refractivity contribution in [1.29, 1.82) is 0 Å². The fourth-order valence-electron chi connectivity index (χ4n) is 8.11. The molecule has 10 aromatic rings. The van der Waals surface area contributed by atoms with Crippen LogP contribution >= 0.6 is 11.6 Å². The van der Waals surface area contributed by atoms with Crippen LogP contribution in [0.4, 0.5) is 0 Å². The molecule has 10 rings (SSSR count). The fourth-order valence-corrected chi connectivity index (χ4v) is 9.91. The van der Waals surface area contributed by atoms with E-state index in [4.69, 9.17) is 72.9 Å². The summed E-state index contributed by atoms with van der Waals surface area (Å²) in [7, 11) is -7.31. The number of rotatable bonds is 14. The molecule has 0 spiro atoms. The van der Waals surface area contributed by atoms with Crippen molar-refractivity contribution >= 4 is 107 Å². The fraction of sp³-hybridized carbons (Fsp3) is 0.100. The monoisotopic (exact) mass is 1620 g/mol. The van der Waals surface area contributed by atoms with Crippen LogP contribution < -0.4 is 0 Å². The highest BCUT2D eigenvalue weighted by atomic mass is 35.5. The number of benzene rings is 10. The van der Waals surface area contributed by atoms with E-state index in [1.165, 1.54) is 60.7 Å². The Morgan fingerprint density at radius 3 is 0.788 bits per heavy atom. The minimum atomic E-state index is -3.66. The highest BCUT2D eigenvalue weighted by molar-refractivity contribution is 7.91. The first kappa shape index (κ1) is 98.6. The third kappa shape index (κ3) is 32.5. The first-order valence-corrected chi connectivity index (χ1v) is 35.2. The zero-order valence-corrected chi connectivity index (χ0v) is 62.3. The van der Waals surface area contributed by atoms with Gasteiger partial charge in [-0.25, -0.2) is 16.8 Å². The molecule has 33 heteroatoms. The van der Waals surface area contributed by atoms with Gasteiger partial charge >= 0.3 is 0 Å². The molecule has 10 aromatic carbocycles. The van der Waals surface area contributed by atoms with Crippen molar-refractivity contribution in [1.82, 2.24) is 0 Å². The van der Waals surface area contributed by atoms with E-state index in [1.54, 1.807) is 82.3 Å². The zero-order valence-electron chi connectivity index (χ0n) is 59.9. The lowest BCUT2D eigenvalue weighted by Gasteiger charge is -2.05. The molecule has 113 heavy (non-hydrogen) atoms. The highest BCUT2D eigenvalue weighted by Gasteiger charge is 2.19. The normalized spacial score (nSPS) is 9.70. The van der Waals surface area contributed by atoms with Gasteiger partial charge in [0.1, 0.15) is 66.4 Å². The topological polar surface area (TPSA) is 556 Å². The second-order valence-electron chi connectivity index (χ2n) is 22.6. The number of sulfone groups is 2. The Morgan fingerprint density at radius 1 is 0.248 bits per heavy atom. The molecular formula is C80H77ClO30S2.